The molecule has 0 amide bonds. The van der Waals surface area contributed by atoms with Crippen LogP contribution in [0, 0.1) is 19.3 Å². The zero-order valence-corrected chi connectivity index (χ0v) is 11.7. The second kappa shape index (κ2) is 5.03. The number of benzene rings is 1. The third kappa shape index (κ3) is 3.56. The van der Waals surface area contributed by atoms with E-state index in [1.165, 1.54) is 26.0 Å². The molecule has 0 aliphatic carbocycles. The Morgan fingerprint density at radius 3 is 2.47 bits per heavy atom. The van der Waals surface area contributed by atoms with Crippen molar-refractivity contribution in [2.45, 2.75) is 31.2 Å². The van der Waals surface area contributed by atoms with Crippen LogP contribution >= 0.6 is 0 Å². The number of nitrogens with one attached hydrogen (secondary N) is 1. The second-order valence-electron chi connectivity index (χ2n) is 4.66. The van der Waals surface area contributed by atoms with Crippen molar-refractivity contribution in [1.29, 1.82) is 0 Å². The number of aromatic carboxylic acids is 1. The number of hydrogen-bond donors (Lipinski definition) is 2. The minimum absolute atomic E-state index is 0.0543. The number of carboxylic acid groups (broad SMARTS) is 1. The Hall–Kier alpha value is -1.84. The molecule has 0 spiro atoms. The molecule has 0 saturated heterocycles. The standard InChI is InChI=1S/C13H15NO4S/c1-5-13(3,4)14-19(17,18)10-7-6-9(2)11(8-10)12(15)16/h1,6-8,14H,2-4H3,(H,15,16). The van der Waals surface area contributed by atoms with E-state index in [2.05, 4.69) is 10.6 Å². The van der Waals surface area contributed by atoms with E-state index in [9.17, 15) is 13.2 Å². The maximum atomic E-state index is 12.1. The summed E-state index contributed by atoms with van der Waals surface area (Å²) in [6.07, 6.45) is 5.22. The van der Waals surface area contributed by atoms with E-state index in [-0.39, 0.29) is 10.5 Å². The highest BCUT2D eigenvalue weighted by molar-refractivity contribution is 7.89. The number of carboxylic acids is 1. The molecule has 1 rings (SSSR count). The van der Waals surface area contributed by atoms with Gasteiger partial charge < -0.3 is 5.11 Å². The summed E-state index contributed by atoms with van der Waals surface area (Å²) in [4.78, 5) is 10.9. The van der Waals surface area contributed by atoms with Crippen molar-refractivity contribution >= 4 is 16.0 Å². The quantitative estimate of drug-likeness (QED) is 0.817. The molecule has 0 bridgehead atoms. The second-order valence-corrected chi connectivity index (χ2v) is 6.34. The molecular weight excluding hydrogens is 266 g/mol. The van der Waals surface area contributed by atoms with Gasteiger partial charge in [-0.15, -0.1) is 6.42 Å². The summed E-state index contributed by atoms with van der Waals surface area (Å²) in [6.45, 7) is 4.67. The van der Waals surface area contributed by atoms with Gasteiger partial charge in [0, 0.05) is 0 Å². The highest BCUT2D eigenvalue weighted by Gasteiger charge is 2.25. The number of sulfonamides is 1. The SMILES string of the molecule is C#CC(C)(C)NS(=O)(=O)c1ccc(C)c(C(=O)O)c1. The van der Waals surface area contributed by atoms with Crippen LogP contribution in [0.2, 0.25) is 0 Å². The van der Waals surface area contributed by atoms with Crippen LogP contribution in [0.4, 0.5) is 0 Å². The van der Waals surface area contributed by atoms with Crippen LogP contribution in [0.1, 0.15) is 29.8 Å². The first-order chi connectivity index (χ1) is 8.59. The van der Waals surface area contributed by atoms with E-state index in [0.717, 1.165) is 6.07 Å². The maximum Gasteiger partial charge on any atom is 0.335 e. The zero-order chi connectivity index (χ0) is 14.8. The van der Waals surface area contributed by atoms with Crippen LogP contribution in [-0.2, 0) is 10.0 Å². The highest BCUT2D eigenvalue weighted by atomic mass is 32.2. The van der Waals surface area contributed by atoms with Crippen molar-refractivity contribution in [2.75, 3.05) is 0 Å². The van der Waals surface area contributed by atoms with Gasteiger partial charge in [0.2, 0.25) is 10.0 Å². The van der Waals surface area contributed by atoms with Gasteiger partial charge in [-0.05, 0) is 38.5 Å². The fraction of sp³-hybridized carbons (Fsp3) is 0.308. The highest BCUT2D eigenvalue weighted by Crippen LogP contribution is 2.17. The molecule has 0 atom stereocenters. The fourth-order valence-corrected chi connectivity index (χ4v) is 2.79. The normalized spacial score (nSPS) is 11.9. The Bertz CT molecular complexity index is 654. The lowest BCUT2D eigenvalue weighted by molar-refractivity contribution is 0.0696. The lowest BCUT2D eigenvalue weighted by atomic mass is 10.1. The first kappa shape index (κ1) is 15.2. The molecule has 0 unspecified atom stereocenters. The molecule has 0 aliphatic heterocycles. The van der Waals surface area contributed by atoms with Gasteiger partial charge in [0.1, 0.15) is 0 Å². The summed E-state index contributed by atoms with van der Waals surface area (Å²) in [5, 5.41) is 8.99. The average Bonchev–Trinajstić information content (AvgIpc) is 2.27. The van der Waals surface area contributed by atoms with Gasteiger partial charge in [-0.1, -0.05) is 12.0 Å². The van der Waals surface area contributed by atoms with Gasteiger partial charge in [-0.2, -0.15) is 4.72 Å². The Balaban J connectivity index is 3.28. The van der Waals surface area contributed by atoms with E-state index in [1.807, 2.05) is 0 Å². The van der Waals surface area contributed by atoms with Crippen molar-refractivity contribution in [3.63, 3.8) is 0 Å². The Morgan fingerprint density at radius 2 is 2.00 bits per heavy atom. The lowest BCUT2D eigenvalue weighted by Gasteiger charge is -2.19. The smallest absolute Gasteiger partial charge is 0.335 e. The monoisotopic (exact) mass is 281 g/mol. The lowest BCUT2D eigenvalue weighted by Crippen LogP contribution is -2.42. The van der Waals surface area contributed by atoms with Crippen molar-refractivity contribution in [2.24, 2.45) is 0 Å². The molecule has 0 heterocycles. The molecule has 2 N–H and O–H groups in total. The Labute approximate surface area is 112 Å². The average molecular weight is 281 g/mol. The minimum atomic E-state index is -3.86. The number of carbonyl (C=O) groups is 1. The van der Waals surface area contributed by atoms with Crippen LogP contribution in [0.25, 0.3) is 0 Å². The van der Waals surface area contributed by atoms with E-state index in [1.54, 1.807) is 6.92 Å². The number of hydrogen-bond acceptors (Lipinski definition) is 3. The molecule has 5 nitrogen and oxygen atoms in total. The summed E-state index contributed by atoms with van der Waals surface area (Å²) >= 11 is 0. The molecule has 0 fully saturated rings. The first-order valence-electron chi connectivity index (χ1n) is 5.45. The Kier molecular flexibility index (Phi) is 4.03. The van der Waals surface area contributed by atoms with Gasteiger partial charge in [-0.25, -0.2) is 13.2 Å². The predicted molar refractivity (Wildman–Crippen MR) is 71.4 cm³/mol. The molecule has 0 aliphatic rings. The summed E-state index contributed by atoms with van der Waals surface area (Å²) < 4.78 is 26.5. The van der Waals surface area contributed by atoms with Crippen LogP contribution in [0.15, 0.2) is 23.1 Å². The van der Waals surface area contributed by atoms with E-state index in [0.29, 0.717) is 5.56 Å². The van der Waals surface area contributed by atoms with Crippen LogP contribution in [-0.4, -0.2) is 25.0 Å². The Morgan fingerprint density at radius 1 is 1.42 bits per heavy atom. The third-order valence-electron chi connectivity index (χ3n) is 2.50. The van der Waals surface area contributed by atoms with Crippen molar-refractivity contribution in [3.8, 4) is 12.3 Å². The molecule has 1 aromatic carbocycles. The molecule has 1 aromatic rings. The van der Waals surface area contributed by atoms with Crippen molar-refractivity contribution in [3.05, 3.63) is 29.3 Å². The van der Waals surface area contributed by atoms with E-state index in [4.69, 9.17) is 11.5 Å². The first-order valence-corrected chi connectivity index (χ1v) is 6.93. The third-order valence-corrected chi connectivity index (χ3v) is 4.15. The van der Waals surface area contributed by atoms with Crippen LogP contribution in [0.3, 0.4) is 0 Å². The summed E-state index contributed by atoms with van der Waals surface area (Å²) in [5.41, 5.74) is -0.614. The number of aryl methyl sites for hydroxylation is 1. The van der Waals surface area contributed by atoms with E-state index >= 15 is 0 Å². The van der Waals surface area contributed by atoms with Crippen molar-refractivity contribution < 1.29 is 18.3 Å². The number of terminal acetylenes is 1. The minimum Gasteiger partial charge on any atom is -0.478 e. The molecular formula is C13H15NO4S. The van der Waals surface area contributed by atoms with Crippen LogP contribution in [0.5, 0.6) is 0 Å². The van der Waals surface area contributed by atoms with Gasteiger partial charge in [0.25, 0.3) is 0 Å². The summed E-state index contributed by atoms with van der Waals surface area (Å²) in [7, 11) is -3.86. The summed E-state index contributed by atoms with van der Waals surface area (Å²) in [5.74, 6) is 1.13. The largest absolute Gasteiger partial charge is 0.478 e. The fourth-order valence-electron chi connectivity index (χ4n) is 1.42. The summed E-state index contributed by atoms with van der Waals surface area (Å²) in [6, 6.07) is 3.91. The van der Waals surface area contributed by atoms with Gasteiger partial charge in [-0.3, -0.25) is 0 Å². The van der Waals surface area contributed by atoms with Crippen LogP contribution < -0.4 is 4.72 Å². The van der Waals surface area contributed by atoms with E-state index < -0.39 is 21.5 Å². The molecule has 0 aromatic heterocycles. The van der Waals surface area contributed by atoms with Gasteiger partial charge in [0.05, 0.1) is 16.0 Å². The molecule has 19 heavy (non-hydrogen) atoms. The molecule has 0 saturated carbocycles. The van der Waals surface area contributed by atoms with Gasteiger partial charge >= 0.3 is 5.97 Å². The topological polar surface area (TPSA) is 83.5 Å². The molecule has 102 valence electrons. The van der Waals surface area contributed by atoms with Gasteiger partial charge in [0.15, 0.2) is 0 Å². The maximum absolute atomic E-state index is 12.1. The molecule has 6 heteroatoms. The van der Waals surface area contributed by atoms with Crippen molar-refractivity contribution in [1.82, 2.24) is 4.72 Å². The zero-order valence-electron chi connectivity index (χ0n) is 10.9. The predicted octanol–water partition coefficient (Wildman–Crippen LogP) is 1.38. The number of rotatable bonds is 4. The molecule has 0 radical (unpaired) electrons.